The van der Waals surface area contributed by atoms with Gasteiger partial charge in [-0.25, -0.2) is 4.79 Å². The molecule has 1 aromatic heterocycles. The van der Waals surface area contributed by atoms with Crippen molar-refractivity contribution in [1.29, 1.82) is 0 Å². The van der Waals surface area contributed by atoms with Crippen LogP contribution in [0.4, 0.5) is 0 Å². The van der Waals surface area contributed by atoms with Gasteiger partial charge in [0.15, 0.2) is 6.10 Å². The van der Waals surface area contributed by atoms with Gasteiger partial charge in [0.2, 0.25) is 5.76 Å². The van der Waals surface area contributed by atoms with E-state index >= 15 is 0 Å². The Hall–Kier alpha value is -3.08. The Morgan fingerprint density at radius 1 is 1.07 bits per heavy atom. The van der Waals surface area contributed by atoms with Crippen LogP contribution in [0.5, 0.6) is 0 Å². The van der Waals surface area contributed by atoms with Crippen molar-refractivity contribution in [3.8, 4) is 0 Å². The standard InChI is InChI=1S/C22H21NO4/c1-14-18-9-5-6-10-19(18)27-20(14)22(25)26-15(2)21(24)23-12-11-16-7-3-4-8-17(16)13-23/h3-10,15H,11-13H2,1-2H3. The van der Waals surface area contributed by atoms with E-state index in [1.165, 1.54) is 5.56 Å². The predicted octanol–water partition coefficient (Wildman–Crippen LogP) is 3.87. The number of esters is 1. The number of carbonyl (C=O) groups excluding carboxylic acids is 2. The molecule has 0 saturated carbocycles. The molecular formula is C22H21NO4. The van der Waals surface area contributed by atoms with Crippen molar-refractivity contribution in [3.63, 3.8) is 0 Å². The number of carbonyl (C=O) groups is 2. The largest absolute Gasteiger partial charge is 0.449 e. The number of furan rings is 1. The molecule has 1 aliphatic rings. The Labute approximate surface area is 157 Å². The number of amides is 1. The van der Waals surface area contributed by atoms with Crippen LogP contribution < -0.4 is 0 Å². The zero-order chi connectivity index (χ0) is 19.0. The number of aryl methyl sites for hydroxylation is 1. The van der Waals surface area contributed by atoms with Gasteiger partial charge in [-0.3, -0.25) is 4.79 Å². The Morgan fingerprint density at radius 3 is 2.56 bits per heavy atom. The summed E-state index contributed by atoms with van der Waals surface area (Å²) in [6.07, 6.45) is -0.0546. The first-order chi connectivity index (χ1) is 13.0. The number of hydrogen-bond acceptors (Lipinski definition) is 4. The molecule has 0 bridgehead atoms. The van der Waals surface area contributed by atoms with E-state index in [9.17, 15) is 9.59 Å². The molecular weight excluding hydrogens is 342 g/mol. The molecule has 5 heteroatoms. The number of rotatable bonds is 3. The normalized spacial score (nSPS) is 14.7. The number of benzene rings is 2. The number of ether oxygens (including phenoxy) is 1. The van der Waals surface area contributed by atoms with E-state index in [-0.39, 0.29) is 11.7 Å². The molecule has 2 aromatic carbocycles. The fraction of sp³-hybridized carbons (Fsp3) is 0.273. The highest BCUT2D eigenvalue weighted by Crippen LogP contribution is 2.26. The van der Waals surface area contributed by atoms with Crippen LogP contribution in [0.3, 0.4) is 0 Å². The number of para-hydroxylation sites is 1. The highest BCUT2D eigenvalue weighted by Gasteiger charge is 2.29. The SMILES string of the molecule is Cc1c(C(=O)OC(C)C(=O)N2CCc3ccccc3C2)oc2ccccc12. The average Bonchev–Trinajstić information content (AvgIpc) is 3.04. The molecule has 1 aliphatic heterocycles. The van der Waals surface area contributed by atoms with Crippen LogP contribution in [0.15, 0.2) is 52.9 Å². The second-order valence-corrected chi connectivity index (χ2v) is 6.88. The molecule has 4 rings (SSSR count). The van der Waals surface area contributed by atoms with Crippen LogP contribution >= 0.6 is 0 Å². The van der Waals surface area contributed by atoms with Gasteiger partial charge in [0, 0.05) is 24.0 Å². The maximum absolute atomic E-state index is 12.7. The summed E-state index contributed by atoms with van der Waals surface area (Å²) in [7, 11) is 0. The Balaban J connectivity index is 1.47. The van der Waals surface area contributed by atoms with Gasteiger partial charge in [0.25, 0.3) is 5.91 Å². The van der Waals surface area contributed by atoms with Crippen LogP contribution in [-0.4, -0.2) is 29.4 Å². The van der Waals surface area contributed by atoms with Crippen molar-refractivity contribution in [2.24, 2.45) is 0 Å². The lowest BCUT2D eigenvalue weighted by atomic mass is 9.99. The lowest BCUT2D eigenvalue weighted by Crippen LogP contribution is -2.42. The van der Waals surface area contributed by atoms with Gasteiger partial charge in [-0.05, 0) is 37.5 Å². The van der Waals surface area contributed by atoms with Crippen molar-refractivity contribution in [2.75, 3.05) is 6.54 Å². The van der Waals surface area contributed by atoms with Crippen molar-refractivity contribution in [1.82, 2.24) is 4.90 Å². The molecule has 0 fully saturated rings. The van der Waals surface area contributed by atoms with E-state index in [2.05, 4.69) is 6.07 Å². The average molecular weight is 363 g/mol. The van der Waals surface area contributed by atoms with Crippen LogP contribution in [-0.2, 0) is 22.5 Å². The van der Waals surface area contributed by atoms with Gasteiger partial charge in [0.1, 0.15) is 5.58 Å². The molecule has 0 spiro atoms. The molecule has 0 N–H and O–H groups in total. The molecule has 0 radical (unpaired) electrons. The van der Waals surface area contributed by atoms with Gasteiger partial charge in [0.05, 0.1) is 0 Å². The zero-order valence-corrected chi connectivity index (χ0v) is 15.4. The minimum atomic E-state index is -0.865. The van der Waals surface area contributed by atoms with Crippen LogP contribution in [0.2, 0.25) is 0 Å². The van der Waals surface area contributed by atoms with E-state index in [0.717, 1.165) is 22.9 Å². The molecule has 1 atom stereocenters. The molecule has 1 amide bonds. The molecule has 0 aliphatic carbocycles. The summed E-state index contributed by atoms with van der Waals surface area (Å²) in [5.41, 5.74) is 3.77. The van der Waals surface area contributed by atoms with Crippen molar-refractivity contribution in [3.05, 3.63) is 71.0 Å². The topological polar surface area (TPSA) is 59.8 Å². The molecule has 0 saturated heterocycles. The highest BCUT2D eigenvalue weighted by atomic mass is 16.6. The van der Waals surface area contributed by atoms with Crippen LogP contribution in [0.25, 0.3) is 11.0 Å². The maximum Gasteiger partial charge on any atom is 0.375 e. The number of nitrogens with zero attached hydrogens (tertiary/aromatic N) is 1. The van der Waals surface area contributed by atoms with Crippen LogP contribution in [0, 0.1) is 6.92 Å². The summed E-state index contributed by atoms with van der Waals surface area (Å²) in [5, 5.41) is 0.871. The fourth-order valence-corrected chi connectivity index (χ4v) is 3.57. The van der Waals surface area contributed by atoms with Gasteiger partial charge < -0.3 is 14.1 Å². The summed E-state index contributed by atoms with van der Waals surface area (Å²) in [6, 6.07) is 15.5. The first-order valence-corrected chi connectivity index (χ1v) is 9.09. The smallest absolute Gasteiger partial charge is 0.375 e. The molecule has 138 valence electrons. The van der Waals surface area contributed by atoms with Gasteiger partial charge in [-0.2, -0.15) is 0 Å². The van der Waals surface area contributed by atoms with Crippen molar-refractivity contribution >= 4 is 22.8 Å². The summed E-state index contributed by atoms with van der Waals surface area (Å²) in [6.45, 7) is 4.59. The first kappa shape index (κ1) is 17.3. The number of fused-ring (bicyclic) bond motifs is 2. The molecule has 27 heavy (non-hydrogen) atoms. The second-order valence-electron chi connectivity index (χ2n) is 6.88. The molecule has 5 nitrogen and oxygen atoms in total. The Bertz CT molecular complexity index is 1020. The third kappa shape index (κ3) is 3.21. The van der Waals surface area contributed by atoms with Gasteiger partial charge >= 0.3 is 5.97 Å². The Kier molecular flexibility index (Phi) is 4.44. The van der Waals surface area contributed by atoms with Gasteiger partial charge in [-0.1, -0.05) is 42.5 Å². The minimum Gasteiger partial charge on any atom is -0.449 e. The van der Waals surface area contributed by atoms with Crippen LogP contribution in [0.1, 0.15) is 34.2 Å². The van der Waals surface area contributed by atoms with Crippen molar-refractivity contribution < 1.29 is 18.7 Å². The third-order valence-corrected chi connectivity index (χ3v) is 5.10. The molecule has 3 aromatic rings. The summed E-state index contributed by atoms with van der Waals surface area (Å²) in [5.74, 6) is -0.645. The molecule has 1 unspecified atom stereocenters. The summed E-state index contributed by atoms with van der Waals surface area (Å²) in [4.78, 5) is 27.0. The predicted molar refractivity (Wildman–Crippen MR) is 101 cm³/mol. The second kappa shape index (κ2) is 6.91. The molecule has 2 heterocycles. The lowest BCUT2D eigenvalue weighted by molar-refractivity contribution is -0.140. The number of hydrogen-bond donors (Lipinski definition) is 0. The minimum absolute atomic E-state index is 0.153. The fourth-order valence-electron chi connectivity index (χ4n) is 3.57. The van der Waals surface area contributed by atoms with Gasteiger partial charge in [-0.15, -0.1) is 0 Å². The van der Waals surface area contributed by atoms with E-state index in [1.807, 2.05) is 43.3 Å². The Morgan fingerprint density at radius 2 is 1.78 bits per heavy atom. The summed E-state index contributed by atoms with van der Waals surface area (Å²) < 4.78 is 11.1. The quantitative estimate of drug-likeness (QED) is 0.663. The monoisotopic (exact) mass is 363 g/mol. The zero-order valence-electron chi connectivity index (χ0n) is 15.4. The van der Waals surface area contributed by atoms with Crippen molar-refractivity contribution in [2.45, 2.75) is 32.9 Å². The van der Waals surface area contributed by atoms with E-state index in [0.29, 0.717) is 18.7 Å². The lowest BCUT2D eigenvalue weighted by Gasteiger charge is -2.30. The summed E-state index contributed by atoms with van der Waals surface area (Å²) >= 11 is 0. The highest BCUT2D eigenvalue weighted by molar-refractivity contribution is 5.97. The van der Waals surface area contributed by atoms with E-state index < -0.39 is 12.1 Å². The van der Waals surface area contributed by atoms with E-state index in [1.54, 1.807) is 17.9 Å². The van der Waals surface area contributed by atoms with E-state index in [4.69, 9.17) is 9.15 Å². The first-order valence-electron chi connectivity index (χ1n) is 9.09. The maximum atomic E-state index is 12.7. The third-order valence-electron chi connectivity index (χ3n) is 5.10.